The number of hydrogen-bond donors (Lipinski definition) is 1. The first-order chi connectivity index (χ1) is 22.1. The van der Waals surface area contributed by atoms with Gasteiger partial charge in [-0.15, -0.1) is 0 Å². The van der Waals surface area contributed by atoms with Gasteiger partial charge in [-0.05, 0) is 60.5 Å². The highest BCUT2D eigenvalue weighted by Gasteiger charge is 2.35. The van der Waals surface area contributed by atoms with Gasteiger partial charge in [-0.2, -0.15) is 0 Å². The van der Waals surface area contributed by atoms with E-state index in [2.05, 4.69) is 5.32 Å². The minimum absolute atomic E-state index is 0.0436. The van der Waals surface area contributed by atoms with Crippen LogP contribution in [0.2, 0.25) is 10.0 Å². The Hall–Kier alpha value is -4.25. The first-order valence-corrected chi connectivity index (χ1v) is 16.6. The fourth-order valence-electron chi connectivity index (χ4n) is 4.90. The molecule has 242 valence electrons. The minimum atomic E-state index is -4.37. The number of halogens is 2. The highest BCUT2D eigenvalue weighted by molar-refractivity contribution is 7.92. The zero-order chi connectivity index (χ0) is 33.3. The number of nitrogens with one attached hydrogen (secondary N) is 1. The standard InChI is InChI=1S/C34H35Cl2N3O6S/c1-4-37-34(41)30(20-24-10-6-5-7-11-24)38(22-25-12-8-9-13-29(25)36)33(40)23-39(27-16-14-26(35)15-17-27)46(42,43)28-18-19-31(44-2)32(21-28)45-3/h5-19,21,30H,4,20,22-23H2,1-3H3,(H,37,41)/t30-/m0/s1. The van der Waals surface area contributed by atoms with Crippen molar-refractivity contribution in [2.75, 3.05) is 31.6 Å². The van der Waals surface area contributed by atoms with Gasteiger partial charge in [-0.1, -0.05) is 71.7 Å². The predicted molar refractivity (Wildman–Crippen MR) is 180 cm³/mol. The molecule has 4 rings (SSSR count). The predicted octanol–water partition coefficient (Wildman–Crippen LogP) is 5.98. The molecule has 0 heterocycles. The quantitative estimate of drug-likeness (QED) is 0.175. The van der Waals surface area contributed by atoms with Gasteiger partial charge < -0.3 is 19.7 Å². The second-order valence-electron chi connectivity index (χ2n) is 10.2. The SMILES string of the molecule is CCNC(=O)[C@H](Cc1ccccc1)N(Cc1ccccc1Cl)C(=O)CN(c1ccc(Cl)cc1)S(=O)(=O)c1ccc(OC)c(OC)c1. The Morgan fingerprint density at radius 3 is 2.13 bits per heavy atom. The molecular formula is C34H35Cl2N3O6S. The van der Waals surface area contributed by atoms with Crippen molar-refractivity contribution in [3.8, 4) is 11.5 Å². The van der Waals surface area contributed by atoms with E-state index >= 15 is 0 Å². The van der Waals surface area contributed by atoms with E-state index in [1.54, 1.807) is 31.2 Å². The van der Waals surface area contributed by atoms with Gasteiger partial charge in [0.2, 0.25) is 11.8 Å². The molecule has 9 nitrogen and oxygen atoms in total. The molecule has 46 heavy (non-hydrogen) atoms. The molecule has 12 heteroatoms. The Labute approximate surface area is 279 Å². The number of nitrogens with zero attached hydrogens (tertiary/aromatic N) is 2. The van der Waals surface area contributed by atoms with E-state index in [0.29, 0.717) is 27.9 Å². The second-order valence-corrected chi connectivity index (χ2v) is 12.9. The number of hydrogen-bond acceptors (Lipinski definition) is 6. The van der Waals surface area contributed by atoms with Gasteiger partial charge in [0, 0.05) is 35.6 Å². The van der Waals surface area contributed by atoms with Crippen LogP contribution in [-0.4, -0.2) is 58.5 Å². The molecule has 4 aromatic rings. The van der Waals surface area contributed by atoms with Crippen molar-refractivity contribution in [1.82, 2.24) is 10.2 Å². The van der Waals surface area contributed by atoms with Crippen LogP contribution in [0.25, 0.3) is 0 Å². The lowest BCUT2D eigenvalue weighted by molar-refractivity contribution is -0.140. The van der Waals surface area contributed by atoms with E-state index in [9.17, 15) is 18.0 Å². The summed E-state index contributed by atoms with van der Waals surface area (Å²) >= 11 is 12.7. The minimum Gasteiger partial charge on any atom is -0.493 e. The number of carbonyl (C=O) groups excluding carboxylic acids is 2. The summed E-state index contributed by atoms with van der Waals surface area (Å²) in [5.41, 5.74) is 1.62. The van der Waals surface area contributed by atoms with Crippen molar-refractivity contribution in [2.24, 2.45) is 0 Å². The van der Waals surface area contributed by atoms with E-state index in [0.717, 1.165) is 9.87 Å². The average molecular weight is 685 g/mol. The summed E-state index contributed by atoms with van der Waals surface area (Å²) in [6.07, 6.45) is 0.187. The smallest absolute Gasteiger partial charge is 0.264 e. The largest absolute Gasteiger partial charge is 0.493 e. The Morgan fingerprint density at radius 2 is 1.50 bits per heavy atom. The molecule has 0 aliphatic carbocycles. The number of rotatable bonds is 14. The summed E-state index contributed by atoms with van der Waals surface area (Å²) in [6.45, 7) is 1.45. The molecule has 1 atom stereocenters. The molecule has 0 bridgehead atoms. The van der Waals surface area contributed by atoms with Crippen LogP contribution in [0.1, 0.15) is 18.1 Å². The third-order valence-corrected chi connectivity index (χ3v) is 9.65. The molecule has 0 radical (unpaired) electrons. The summed E-state index contributed by atoms with van der Waals surface area (Å²) in [6, 6.07) is 25.6. The first-order valence-electron chi connectivity index (χ1n) is 14.4. The lowest BCUT2D eigenvalue weighted by Gasteiger charge is -2.34. The molecular weight excluding hydrogens is 649 g/mol. The van der Waals surface area contributed by atoms with Crippen LogP contribution >= 0.6 is 23.2 Å². The van der Waals surface area contributed by atoms with Gasteiger partial charge in [0.1, 0.15) is 12.6 Å². The van der Waals surface area contributed by atoms with E-state index in [1.807, 2.05) is 30.3 Å². The molecule has 4 aromatic carbocycles. The van der Waals surface area contributed by atoms with Crippen LogP contribution in [0.4, 0.5) is 5.69 Å². The molecule has 1 N–H and O–H groups in total. The highest BCUT2D eigenvalue weighted by atomic mass is 35.5. The van der Waals surface area contributed by atoms with Crippen LogP contribution in [0.5, 0.6) is 11.5 Å². The van der Waals surface area contributed by atoms with Gasteiger partial charge in [0.25, 0.3) is 10.0 Å². The Balaban J connectivity index is 1.82. The summed E-state index contributed by atoms with van der Waals surface area (Å²) < 4.78 is 40.2. The number of amides is 2. The lowest BCUT2D eigenvalue weighted by Crippen LogP contribution is -2.53. The Kier molecular flexibility index (Phi) is 11.9. The molecule has 0 aliphatic heterocycles. The number of sulfonamides is 1. The van der Waals surface area contributed by atoms with Crippen molar-refractivity contribution >= 4 is 50.7 Å². The maximum absolute atomic E-state index is 14.5. The monoisotopic (exact) mass is 683 g/mol. The van der Waals surface area contributed by atoms with E-state index in [-0.39, 0.29) is 35.2 Å². The van der Waals surface area contributed by atoms with Crippen LogP contribution in [0, 0.1) is 0 Å². The van der Waals surface area contributed by atoms with Gasteiger partial charge in [-0.25, -0.2) is 8.42 Å². The topological polar surface area (TPSA) is 105 Å². The molecule has 0 saturated heterocycles. The molecule has 2 amide bonds. The number of likely N-dealkylation sites (N-methyl/N-ethyl adjacent to an activating group) is 1. The summed E-state index contributed by atoms with van der Waals surface area (Å²) in [5.74, 6) is -0.462. The van der Waals surface area contributed by atoms with Crippen molar-refractivity contribution in [2.45, 2.75) is 30.8 Å². The molecule has 0 unspecified atom stereocenters. The number of ether oxygens (including phenoxy) is 2. The van der Waals surface area contributed by atoms with Crippen LogP contribution < -0.4 is 19.1 Å². The highest BCUT2D eigenvalue weighted by Crippen LogP contribution is 2.33. The molecule has 0 aliphatic rings. The van der Waals surface area contributed by atoms with Crippen molar-refractivity contribution in [3.05, 3.63) is 118 Å². The van der Waals surface area contributed by atoms with Gasteiger partial charge >= 0.3 is 0 Å². The zero-order valence-corrected chi connectivity index (χ0v) is 28.0. The van der Waals surface area contributed by atoms with Gasteiger partial charge in [0.15, 0.2) is 11.5 Å². The molecule has 0 fully saturated rings. The molecule has 0 spiro atoms. The lowest BCUT2D eigenvalue weighted by atomic mass is 10.0. The number of benzene rings is 4. The van der Waals surface area contributed by atoms with Crippen molar-refractivity contribution in [1.29, 1.82) is 0 Å². The fraction of sp³-hybridized carbons (Fsp3) is 0.235. The number of anilines is 1. The summed E-state index contributed by atoms with van der Waals surface area (Å²) in [7, 11) is -1.53. The van der Waals surface area contributed by atoms with Crippen molar-refractivity contribution < 1.29 is 27.5 Å². The van der Waals surface area contributed by atoms with E-state index in [4.69, 9.17) is 32.7 Å². The average Bonchev–Trinajstić information content (AvgIpc) is 3.06. The maximum Gasteiger partial charge on any atom is 0.264 e. The Bertz CT molecular complexity index is 1750. The molecule has 0 saturated carbocycles. The first kappa shape index (κ1) is 34.6. The van der Waals surface area contributed by atoms with Gasteiger partial charge in [-0.3, -0.25) is 13.9 Å². The normalized spacial score (nSPS) is 11.8. The van der Waals surface area contributed by atoms with Crippen LogP contribution in [0.3, 0.4) is 0 Å². The maximum atomic E-state index is 14.5. The van der Waals surface area contributed by atoms with E-state index < -0.39 is 28.5 Å². The zero-order valence-electron chi connectivity index (χ0n) is 25.7. The number of carbonyl (C=O) groups is 2. The summed E-state index contributed by atoms with van der Waals surface area (Å²) in [4.78, 5) is 29.3. The Morgan fingerprint density at radius 1 is 0.848 bits per heavy atom. The van der Waals surface area contributed by atoms with E-state index in [1.165, 1.54) is 61.6 Å². The number of methoxy groups -OCH3 is 2. The third kappa shape index (κ3) is 8.31. The summed E-state index contributed by atoms with van der Waals surface area (Å²) in [5, 5.41) is 3.63. The fourth-order valence-corrected chi connectivity index (χ4v) is 6.65. The van der Waals surface area contributed by atoms with Gasteiger partial charge in [0.05, 0.1) is 24.8 Å². The van der Waals surface area contributed by atoms with Crippen LogP contribution in [0.15, 0.2) is 102 Å². The van der Waals surface area contributed by atoms with Crippen molar-refractivity contribution in [3.63, 3.8) is 0 Å². The van der Waals surface area contributed by atoms with Crippen LogP contribution in [-0.2, 0) is 32.6 Å². The second kappa shape index (κ2) is 15.8. The third-order valence-electron chi connectivity index (χ3n) is 7.26. The molecule has 0 aromatic heterocycles.